The first-order chi connectivity index (χ1) is 9.63. The highest BCUT2D eigenvalue weighted by Gasteiger charge is 2.11. The van der Waals surface area contributed by atoms with Crippen molar-refractivity contribution in [3.63, 3.8) is 0 Å². The van der Waals surface area contributed by atoms with Crippen molar-refractivity contribution in [3.05, 3.63) is 40.7 Å². The zero-order chi connectivity index (χ0) is 14.5. The molecule has 2 rings (SSSR count). The van der Waals surface area contributed by atoms with Crippen LogP contribution < -0.4 is 11.1 Å². The van der Waals surface area contributed by atoms with Crippen molar-refractivity contribution in [1.82, 2.24) is 9.97 Å². The maximum absolute atomic E-state index is 6.20. The van der Waals surface area contributed by atoms with E-state index in [0.717, 1.165) is 35.6 Å². The van der Waals surface area contributed by atoms with E-state index < -0.39 is 0 Å². The minimum absolute atomic E-state index is 0.662. The number of nitrogens with zero attached hydrogens (tertiary/aromatic N) is 2. The molecule has 0 amide bonds. The van der Waals surface area contributed by atoms with E-state index >= 15 is 0 Å². The summed E-state index contributed by atoms with van der Waals surface area (Å²) in [5, 5.41) is 4.00. The summed E-state index contributed by atoms with van der Waals surface area (Å²) < 4.78 is 0. The van der Waals surface area contributed by atoms with Crippen molar-refractivity contribution < 1.29 is 0 Å². The number of nitrogens with one attached hydrogen (secondary N) is 1. The average molecular weight is 291 g/mol. The van der Waals surface area contributed by atoms with Gasteiger partial charge in [-0.25, -0.2) is 9.97 Å². The molecule has 0 spiro atoms. The standard InChI is InChI=1S/C15H19ClN4/c1-10-14(18-9-5-8-17)11(2)20-15(19-10)12-6-3-4-7-13(12)16/h3-4,6-7,18H,5,8-9,17H2,1-2H3. The summed E-state index contributed by atoms with van der Waals surface area (Å²) in [6, 6.07) is 7.60. The third-order valence-corrected chi connectivity index (χ3v) is 3.40. The quantitative estimate of drug-likeness (QED) is 0.830. The van der Waals surface area contributed by atoms with Gasteiger partial charge in [-0.1, -0.05) is 23.7 Å². The lowest BCUT2D eigenvalue weighted by atomic mass is 10.2. The first kappa shape index (κ1) is 14.8. The maximum atomic E-state index is 6.20. The second kappa shape index (κ2) is 6.68. The van der Waals surface area contributed by atoms with E-state index in [-0.39, 0.29) is 0 Å². The van der Waals surface area contributed by atoms with E-state index in [2.05, 4.69) is 15.3 Å². The Bertz CT molecular complexity index is 575. The molecule has 2 aromatic rings. The second-order valence-electron chi connectivity index (χ2n) is 4.64. The number of anilines is 1. The van der Waals surface area contributed by atoms with Crippen LogP contribution in [0.5, 0.6) is 0 Å². The van der Waals surface area contributed by atoms with Crippen LogP contribution in [0, 0.1) is 13.8 Å². The van der Waals surface area contributed by atoms with Gasteiger partial charge in [0.2, 0.25) is 0 Å². The van der Waals surface area contributed by atoms with Gasteiger partial charge in [0.05, 0.1) is 22.1 Å². The van der Waals surface area contributed by atoms with E-state index in [9.17, 15) is 0 Å². The summed E-state index contributed by atoms with van der Waals surface area (Å²) in [6.07, 6.45) is 0.922. The van der Waals surface area contributed by atoms with Crippen molar-refractivity contribution in [2.75, 3.05) is 18.4 Å². The third kappa shape index (κ3) is 3.26. The van der Waals surface area contributed by atoms with Gasteiger partial charge in [0, 0.05) is 12.1 Å². The van der Waals surface area contributed by atoms with Crippen molar-refractivity contribution >= 4 is 17.3 Å². The summed E-state index contributed by atoms with van der Waals surface area (Å²) in [7, 11) is 0. The number of halogens is 1. The van der Waals surface area contributed by atoms with Gasteiger partial charge in [-0.05, 0) is 38.9 Å². The number of nitrogens with two attached hydrogens (primary N) is 1. The third-order valence-electron chi connectivity index (χ3n) is 3.07. The van der Waals surface area contributed by atoms with E-state index in [1.165, 1.54) is 0 Å². The van der Waals surface area contributed by atoms with Crippen LogP contribution in [0.2, 0.25) is 5.02 Å². The number of benzene rings is 1. The summed E-state index contributed by atoms with van der Waals surface area (Å²) >= 11 is 6.20. The van der Waals surface area contributed by atoms with Gasteiger partial charge in [-0.2, -0.15) is 0 Å². The molecule has 0 aliphatic rings. The van der Waals surface area contributed by atoms with Crippen molar-refractivity contribution in [2.45, 2.75) is 20.3 Å². The van der Waals surface area contributed by atoms with Crippen LogP contribution >= 0.6 is 11.6 Å². The molecule has 4 nitrogen and oxygen atoms in total. The number of aryl methyl sites for hydroxylation is 2. The Hall–Kier alpha value is -1.65. The largest absolute Gasteiger partial charge is 0.382 e. The monoisotopic (exact) mass is 290 g/mol. The summed E-state index contributed by atoms with van der Waals surface area (Å²) in [5.74, 6) is 0.662. The normalized spacial score (nSPS) is 10.6. The Labute approximate surface area is 124 Å². The van der Waals surface area contributed by atoms with Crippen LogP contribution in [0.1, 0.15) is 17.8 Å². The van der Waals surface area contributed by atoms with Gasteiger partial charge >= 0.3 is 0 Å². The lowest BCUT2D eigenvalue weighted by Crippen LogP contribution is -2.11. The Morgan fingerprint density at radius 3 is 2.40 bits per heavy atom. The van der Waals surface area contributed by atoms with Crippen LogP contribution in [0.25, 0.3) is 11.4 Å². The Morgan fingerprint density at radius 2 is 1.80 bits per heavy atom. The fraction of sp³-hybridized carbons (Fsp3) is 0.333. The fourth-order valence-electron chi connectivity index (χ4n) is 2.05. The molecule has 0 saturated carbocycles. The molecular weight excluding hydrogens is 272 g/mol. The highest BCUT2D eigenvalue weighted by atomic mass is 35.5. The van der Waals surface area contributed by atoms with Crippen LogP contribution in [0.4, 0.5) is 5.69 Å². The number of rotatable bonds is 5. The molecule has 0 saturated heterocycles. The molecule has 0 unspecified atom stereocenters. The molecule has 0 bridgehead atoms. The van der Waals surface area contributed by atoms with Crippen LogP contribution in [-0.4, -0.2) is 23.1 Å². The van der Waals surface area contributed by atoms with Crippen LogP contribution in [0.3, 0.4) is 0 Å². The fourth-order valence-corrected chi connectivity index (χ4v) is 2.27. The predicted octanol–water partition coefficient (Wildman–Crippen LogP) is 3.17. The molecule has 1 aromatic heterocycles. The van der Waals surface area contributed by atoms with E-state index in [1.807, 2.05) is 38.1 Å². The molecule has 1 aromatic carbocycles. The minimum Gasteiger partial charge on any atom is -0.382 e. The SMILES string of the molecule is Cc1nc(-c2ccccc2Cl)nc(C)c1NCCCN. The van der Waals surface area contributed by atoms with E-state index in [0.29, 0.717) is 17.4 Å². The maximum Gasteiger partial charge on any atom is 0.161 e. The van der Waals surface area contributed by atoms with Crippen molar-refractivity contribution in [2.24, 2.45) is 5.73 Å². The molecular formula is C15H19ClN4. The van der Waals surface area contributed by atoms with Gasteiger partial charge in [-0.15, -0.1) is 0 Å². The highest BCUT2D eigenvalue weighted by Crippen LogP contribution is 2.27. The molecule has 0 fully saturated rings. The van der Waals surface area contributed by atoms with Gasteiger partial charge in [0.15, 0.2) is 5.82 Å². The van der Waals surface area contributed by atoms with E-state index in [1.54, 1.807) is 0 Å². The Balaban J connectivity index is 2.33. The Morgan fingerprint density at radius 1 is 1.15 bits per heavy atom. The summed E-state index contributed by atoms with van der Waals surface area (Å²) in [6.45, 7) is 5.44. The molecule has 1 heterocycles. The number of hydrogen-bond acceptors (Lipinski definition) is 4. The topological polar surface area (TPSA) is 63.8 Å². The number of hydrogen-bond donors (Lipinski definition) is 2. The molecule has 0 radical (unpaired) electrons. The van der Waals surface area contributed by atoms with Crippen molar-refractivity contribution in [1.29, 1.82) is 0 Å². The Kier molecular flexibility index (Phi) is 4.93. The summed E-state index contributed by atoms with van der Waals surface area (Å²) in [4.78, 5) is 9.11. The average Bonchev–Trinajstić information content (AvgIpc) is 2.42. The zero-order valence-electron chi connectivity index (χ0n) is 11.8. The van der Waals surface area contributed by atoms with Gasteiger partial charge < -0.3 is 11.1 Å². The lowest BCUT2D eigenvalue weighted by Gasteiger charge is -2.13. The first-order valence-corrected chi connectivity index (χ1v) is 7.05. The van der Waals surface area contributed by atoms with Gasteiger partial charge in [0.1, 0.15) is 0 Å². The van der Waals surface area contributed by atoms with Gasteiger partial charge in [-0.3, -0.25) is 0 Å². The number of aromatic nitrogens is 2. The smallest absolute Gasteiger partial charge is 0.161 e. The van der Waals surface area contributed by atoms with E-state index in [4.69, 9.17) is 17.3 Å². The van der Waals surface area contributed by atoms with Crippen molar-refractivity contribution in [3.8, 4) is 11.4 Å². The molecule has 5 heteroatoms. The molecule has 0 atom stereocenters. The lowest BCUT2D eigenvalue weighted by molar-refractivity contribution is 0.868. The second-order valence-corrected chi connectivity index (χ2v) is 5.05. The highest BCUT2D eigenvalue weighted by molar-refractivity contribution is 6.33. The minimum atomic E-state index is 0.662. The summed E-state index contributed by atoms with van der Waals surface area (Å²) in [5.41, 5.74) is 9.18. The van der Waals surface area contributed by atoms with Gasteiger partial charge in [0.25, 0.3) is 0 Å². The molecule has 106 valence electrons. The molecule has 3 N–H and O–H groups in total. The molecule has 0 aliphatic heterocycles. The zero-order valence-corrected chi connectivity index (χ0v) is 12.5. The predicted molar refractivity (Wildman–Crippen MR) is 84.1 cm³/mol. The molecule has 20 heavy (non-hydrogen) atoms. The molecule has 0 aliphatic carbocycles. The first-order valence-electron chi connectivity index (χ1n) is 6.67. The van der Waals surface area contributed by atoms with Crippen LogP contribution in [-0.2, 0) is 0 Å². The van der Waals surface area contributed by atoms with Crippen LogP contribution in [0.15, 0.2) is 24.3 Å².